The van der Waals surface area contributed by atoms with Crippen LogP contribution in [0.2, 0.25) is 0 Å². The fourth-order valence-electron chi connectivity index (χ4n) is 4.01. The molecule has 2 aromatic heterocycles. The topological polar surface area (TPSA) is 74.3 Å². The van der Waals surface area contributed by atoms with Crippen molar-refractivity contribution in [1.29, 1.82) is 0 Å². The minimum atomic E-state index is -0.650. The Morgan fingerprint density at radius 2 is 1.39 bits per heavy atom. The second-order valence-corrected chi connectivity index (χ2v) is 7.59. The smallest absolute Gasteiger partial charge is 0.364 e. The summed E-state index contributed by atoms with van der Waals surface area (Å²) in [4.78, 5) is 26.3. The average Bonchev–Trinajstić information content (AvgIpc) is 3.23. The number of carbonyl (C=O) groups excluding carboxylic acids is 1. The van der Waals surface area contributed by atoms with E-state index in [0.717, 1.165) is 16.4 Å². The first-order chi connectivity index (χ1) is 16.2. The number of carbonyl (C=O) groups is 1. The summed E-state index contributed by atoms with van der Waals surface area (Å²) in [6, 6.07) is 28.8. The zero-order chi connectivity index (χ0) is 22.4. The van der Waals surface area contributed by atoms with Gasteiger partial charge in [0.15, 0.2) is 5.69 Å². The van der Waals surface area contributed by atoms with E-state index >= 15 is 0 Å². The Balaban J connectivity index is 1.47. The Hall–Kier alpha value is -4.71. The van der Waals surface area contributed by atoms with E-state index in [1.54, 1.807) is 66.7 Å². The number of esters is 1. The van der Waals surface area contributed by atoms with E-state index in [4.69, 9.17) is 9.15 Å². The Morgan fingerprint density at radius 1 is 0.727 bits per heavy atom. The molecule has 6 aromatic rings. The number of hydrogen-bond acceptors (Lipinski definition) is 5. The Morgan fingerprint density at radius 3 is 2.21 bits per heavy atom. The van der Waals surface area contributed by atoms with E-state index in [1.807, 2.05) is 30.3 Å². The van der Waals surface area contributed by atoms with Crippen LogP contribution in [0.25, 0.3) is 38.4 Å². The summed E-state index contributed by atoms with van der Waals surface area (Å²) in [5.41, 5.74) is 1.79. The molecule has 0 aliphatic carbocycles. The summed E-state index contributed by atoms with van der Waals surface area (Å²) in [6.07, 6.45) is 0. The Kier molecular flexibility index (Phi) is 4.30. The van der Waals surface area contributed by atoms with Crippen LogP contribution >= 0.6 is 0 Å². The zero-order valence-corrected chi connectivity index (χ0v) is 17.3. The van der Waals surface area contributed by atoms with E-state index in [0.29, 0.717) is 27.8 Å². The minimum Gasteiger partial charge on any atom is -0.456 e. The molecule has 4 aromatic carbocycles. The van der Waals surface area contributed by atoms with Gasteiger partial charge in [-0.25, -0.2) is 4.79 Å². The molecule has 6 rings (SSSR count). The van der Waals surface area contributed by atoms with Gasteiger partial charge in [0.05, 0.1) is 11.1 Å². The van der Waals surface area contributed by atoms with E-state index < -0.39 is 5.97 Å². The summed E-state index contributed by atoms with van der Waals surface area (Å²) in [6.45, 7) is 0. The average molecular weight is 432 g/mol. The molecule has 0 amide bonds. The zero-order valence-electron chi connectivity index (χ0n) is 17.3. The molecule has 2 heterocycles. The third kappa shape index (κ3) is 3.16. The number of ether oxygens (including phenoxy) is 1. The molecule has 6 nitrogen and oxygen atoms in total. The summed E-state index contributed by atoms with van der Waals surface area (Å²) < 4.78 is 12.8. The van der Waals surface area contributed by atoms with Crippen LogP contribution in [0.15, 0.2) is 106 Å². The number of benzene rings is 4. The van der Waals surface area contributed by atoms with Crippen molar-refractivity contribution in [1.82, 2.24) is 9.78 Å². The molecular weight excluding hydrogens is 416 g/mol. The second-order valence-electron chi connectivity index (χ2n) is 7.59. The maximum Gasteiger partial charge on any atom is 0.364 e. The molecule has 0 spiro atoms. The lowest BCUT2D eigenvalue weighted by atomic mass is 10.1. The normalized spacial score (nSPS) is 11.3. The van der Waals surface area contributed by atoms with Gasteiger partial charge in [-0.2, -0.15) is 9.78 Å². The summed E-state index contributed by atoms with van der Waals surface area (Å²) >= 11 is 0. The summed E-state index contributed by atoms with van der Waals surface area (Å²) in [5.74, 6) is -0.287. The van der Waals surface area contributed by atoms with Gasteiger partial charge in [-0.1, -0.05) is 54.6 Å². The second kappa shape index (κ2) is 7.46. The van der Waals surface area contributed by atoms with Crippen LogP contribution in [0.4, 0.5) is 0 Å². The number of fused-ring (bicyclic) bond motifs is 4. The number of furan rings is 1. The van der Waals surface area contributed by atoms with Gasteiger partial charge in [0, 0.05) is 16.2 Å². The number of rotatable bonds is 3. The fourth-order valence-corrected chi connectivity index (χ4v) is 4.01. The molecule has 158 valence electrons. The molecule has 0 unspecified atom stereocenters. The predicted octanol–water partition coefficient (Wildman–Crippen LogP) is 5.50. The largest absolute Gasteiger partial charge is 0.456 e. The Labute approximate surface area is 187 Å². The standard InChI is InChI=1S/C27H16N2O4/c30-26-21-12-5-4-11-20(21)25(28-29(26)17-8-2-1-3-9-17)27(31)32-18-14-15-24-22(16-18)19-10-6-7-13-23(19)33-24/h1-16H. The van der Waals surface area contributed by atoms with Crippen molar-refractivity contribution in [3.8, 4) is 11.4 Å². The molecule has 33 heavy (non-hydrogen) atoms. The summed E-state index contributed by atoms with van der Waals surface area (Å²) in [7, 11) is 0. The molecule has 0 saturated heterocycles. The van der Waals surface area contributed by atoms with Gasteiger partial charge in [-0.05, 0) is 42.5 Å². The third-order valence-electron chi connectivity index (χ3n) is 5.56. The van der Waals surface area contributed by atoms with E-state index in [-0.39, 0.29) is 11.3 Å². The van der Waals surface area contributed by atoms with Crippen LogP contribution < -0.4 is 10.3 Å². The fraction of sp³-hybridized carbons (Fsp3) is 0. The number of nitrogens with zero attached hydrogens (tertiary/aromatic N) is 2. The molecule has 0 aliphatic heterocycles. The lowest BCUT2D eigenvalue weighted by Crippen LogP contribution is -2.25. The van der Waals surface area contributed by atoms with Gasteiger partial charge in [0.25, 0.3) is 5.56 Å². The van der Waals surface area contributed by atoms with Gasteiger partial charge in [0.1, 0.15) is 16.9 Å². The van der Waals surface area contributed by atoms with Crippen LogP contribution in [-0.2, 0) is 0 Å². The predicted molar refractivity (Wildman–Crippen MR) is 126 cm³/mol. The SMILES string of the molecule is O=C(Oc1ccc2oc3ccccc3c2c1)c1nn(-c2ccccc2)c(=O)c2ccccc12. The van der Waals surface area contributed by atoms with Crippen molar-refractivity contribution in [3.63, 3.8) is 0 Å². The van der Waals surface area contributed by atoms with Crippen molar-refractivity contribution in [2.75, 3.05) is 0 Å². The Bertz CT molecular complexity index is 1730. The quantitative estimate of drug-likeness (QED) is 0.273. The third-order valence-corrected chi connectivity index (χ3v) is 5.56. The molecular formula is C27H16N2O4. The molecule has 0 atom stereocenters. The van der Waals surface area contributed by atoms with Crippen molar-refractivity contribution in [3.05, 3.63) is 113 Å². The van der Waals surface area contributed by atoms with Gasteiger partial charge < -0.3 is 9.15 Å². The van der Waals surface area contributed by atoms with Gasteiger partial charge in [-0.15, -0.1) is 0 Å². The molecule has 0 N–H and O–H groups in total. The molecule has 0 aliphatic rings. The highest BCUT2D eigenvalue weighted by Gasteiger charge is 2.20. The highest BCUT2D eigenvalue weighted by atomic mass is 16.5. The van der Waals surface area contributed by atoms with Crippen LogP contribution in [0.5, 0.6) is 5.75 Å². The monoisotopic (exact) mass is 432 g/mol. The van der Waals surface area contributed by atoms with Crippen LogP contribution in [0.3, 0.4) is 0 Å². The van der Waals surface area contributed by atoms with Crippen molar-refractivity contribution in [2.24, 2.45) is 0 Å². The van der Waals surface area contributed by atoms with Crippen LogP contribution in [0.1, 0.15) is 10.5 Å². The molecule has 6 heteroatoms. The first-order valence-corrected chi connectivity index (χ1v) is 10.4. The van der Waals surface area contributed by atoms with Gasteiger partial charge >= 0.3 is 5.97 Å². The molecule has 0 saturated carbocycles. The van der Waals surface area contributed by atoms with Crippen molar-refractivity contribution in [2.45, 2.75) is 0 Å². The van der Waals surface area contributed by atoms with Crippen molar-refractivity contribution >= 4 is 38.7 Å². The molecule has 0 radical (unpaired) electrons. The lowest BCUT2D eigenvalue weighted by Gasteiger charge is -2.11. The maximum atomic E-state index is 13.2. The lowest BCUT2D eigenvalue weighted by molar-refractivity contribution is 0.0729. The van der Waals surface area contributed by atoms with Gasteiger partial charge in [0.2, 0.25) is 0 Å². The molecule has 0 fully saturated rings. The number of hydrogen-bond donors (Lipinski definition) is 0. The maximum absolute atomic E-state index is 13.2. The highest BCUT2D eigenvalue weighted by Crippen LogP contribution is 2.31. The minimum absolute atomic E-state index is 0.0613. The van der Waals surface area contributed by atoms with Crippen LogP contribution in [-0.4, -0.2) is 15.7 Å². The van der Waals surface area contributed by atoms with E-state index in [9.17, 15) is 9.59 Å². The first kappa shape index (κ1) is 19.0. The van der Waals surface area contributed by atoms with E-state index in [2.05, 4.69) is 5.10 Å². The number of aromatic nitrogens is 2. The summed E-state index contributed by atoms with van der Waals surface area (Å²) in [5, 5.41) is 6.99. The molecule has 0 bridgehead atoms. The van der Waals surface area contributed by atoms with Crippen LogP contribution in [0, 0.1) is 0 Å². The first-order valence-electron chi connectivity index (χ1n) is 10.4. The van der Waals surface area contributed by atoms with Crippen molar-refractivity contribution < 1.29 is 13.9 Å². The van der Waals surface area contributed by atoms with E-state index in [1.165, 1.54) is 4.68 Å². The number of para-hydroxylation sites is 2. The highest BCUT2D eigenvalue weighted by molar-refractivity contribution is 6.06. The van der Waals surface area contributed by atoms with Gasteiger partial charge in [-0.3, -0.25) is 4.79 Å².